The smallest absolute Gasteiger partial charge is 0.255 e. The Morgan fingerprint density at radius 2 is 1.83 bits per heavy atom. The average molecular weight is 402 g/mol. The van der Waals surface area contributed by atoms with Crippen LogP contribution in [0.2, 0.25) is 0 Å². The number of ether oxygens (including phenoxy) is 2. The number of methoxy groups -OCH3 is 1. The molecule has 1 aromatic heterocycles. The summed E-state index contributed by atoms with van der Waals surface area (Å²) >= 11 is 0. The molecule has 1 heterocycles. The fourth-order valence-corrected chi connectivity index (χ4v) is 3.19. The largest absolute Gasteiger partial charge is 0.493 e. The number of hydrogen-bond acceptors (Lipinski definition) is 5. The van der Waals surface area contributed by atoms with Crippen LogP contribution in [0.25, 0.3) is 11.0 Å². The number of fused-ring (bicyclic) bond motifs is 1. The Labute approximate surface area is 174 Å². The minimum absolute atomic E-state index is 0.195. The molecule has 0 fully saturated rings. The fraction of sp³-hybridized carbons (Fsp3) is 0.174. The van der Waals surface area contributed by atoms with Gasteiger partial charge in [-0.15, -0.1) is 5.10 Å². The molecule has 30 heavy (non-hydrogen) atoms. The minimum Gasteiger partial charge on any atom is -0.493 e. The van der Waals surface area contributed by atoms with Crippen molar-refractivity contribution in [2.75, 3.05) is 19.0 Å². The van der Waals surface area contributed by atoms with Crippen LogP contribution in [-0.4, -0.2) is 34.6 Å². The van der Waals surface area contributed by atoms with Gasteiger partial charge in [-0.2, -0.15) is 0 Å². The molecular weight excluding hydrogens is 380 g/mol. The molecular formula is C23H22N4O3. The average Bonchev–Trinajstić information content (AvgIpc) is 3.18. The molecule has 1 N–H and O–H groups in total. The van der Waals surface area contributed by atoms with Crippen LogP contribution in [0.4, 0.5) is 5.69 Å². The summed E-state index contributed by atoms with van der Waals surface area (Å²) < 4.78 is 12.7. The van der Waals surface area contributed by atoms with Gasteiger partial charge in [0.1, 0.15) is 5.52 Å². The Hall–Kier alpha value is -3.87. The van der Waals surface area contributed by atoms with Crippen molar-refractivity contribution in [2.45, 2.75) is 13.5 Å². The first-order valence-electron chi connectivity index (χ1n) is 9.67. The molecule has 0 atom stereocenters. The van der Waals surface area contributed by atoms with E-state index in [1.54, 1.807) is 37.4 Å². The van der Waals surface area contributed by atoms with Crippen molar-refractivity contribution in [3.8, 4) is 11.5 Å². The summed E-state index contributed by atoms with van der Waals surface area (Å²) in [4.78, 5) is 12.6. The van der Waals surface area contributed by atoms with E-state index in [1.807, 2.05) is 48.0 Å². The second-order valence-electron chi connectivity index (χ2n) is 6.69. The zero-order chi connectivity index (χ0) is 20.9. The Bertz CT molecular complexity index is 1170. The molecule has 1 amide bonds. The summed E-state index contributed by atoms with van der Waals surface area (Å²) in [7, 11) is 1.57. The normalized spacial score (nSPS) is 10.7. The van der Waals surface area contributed by atoms with Crippen molar-refractivity contribution in [2.24, 2.45) is 0 Å². The Kier molecular flexibility index (Phi) is 5.61. The third-order valence-corrected chi connectivity index (χ3v) is 4.69. The molecule has 0 bridgehead atoms. The van der Waals surface area contributed by atoms with Crippen LogP contribution >= 0.6 is 0 Å². The van der Waals surface area contributed by atoms with Crippen LogP contribution in [0.1, 0.15) is 22.8 Å². The topological polar surface area (TPSA) is 78.3 Å². The van der Waals surface area contributed by atoms with Crippen molar-refractivity contribution in [3.63, 3.8) is 0 Å². The van der Waals surface area contributed by atoms with Crippen LogP contribution in [0.5, 0.6) is 11.5 Å². The highest BCUT2D eigenvalue weighted by atomic mass is 16.5. The zero-order valence-electron chi connectivity index (χ0n) is 16.8. The molecule has 0 radical (unpaired) electrons. The molecule has 152 valence electrons. The van der Waals surface area contributed by atoms with Crippen molar-refractivity contribution < 1.29 is 14.3 Å². The second-order valence-corrected chi connectivity index (χ2v) is 6.69. The molecule has 0 aliphatic rings. The maximum Gasteiger partial charge on any atom is 0.255 e. The number of rotatable bonds is 7. The number of carbonyl (C=O) groups excluding carboxylic acids is 1. The summed E-state index contributed by atoms with van der Waals surface area (Å²) in [5.74, 6) is 1.02. The van der Waals surface area contributed by atoms with E-state index in [4.69, 9.17) is 9.47 Å². The predicted molar refractivity (Wildman–Crippen MR) is 115 cm³/mol. The highest BCUT2D eigenvalue weighted by Gasteiger charge is 2.10. The monoisotopic (exact) mass is 402 g/mol. The van der Waals surface area contributed by atoms with E-state index in [9.17, 15) is 4.79 Å². The van der Waals surface area contributed by atoms with Gasteiger partial charge in [-0.1, -0.05) is 29.5 Å². The number of para-hydroxylation sites is 1. The van der Waals surface area contributed by atoms with Crippen LogP contribution in [0, 0.1) is 0 Å². The Morgan fingerprint density at radius 3 is 2.60 bits per heavy atom. The van der Waals surface area contributed by atoms with E-state index in [-0.39, 0.29) is 5.91 Å². The van der Waals surface area contributed by atoms with Gasteiger partial charge in [0.25, 0.3) is 5.91 Å². The number of anilines is 1. The number of amides is 1. The molecule has 3 aromatic carbocycles. The number of nitrogens with one attached hydrogen (secondary N) is 1. The van der Waals surface area contributed by atoms with Gasteiger partial charge < -0.3 is 14.8 Å². The van der Waals surface area contributed by atoms with Gasteiger partial charge in [-0.05, 0) is 48.9 Å². The molecule has 0 saturated carbocycles. The van der Waals surface area contributed by atoms with E-state index >= 15 is 0 Å². The van der Waals surface area contributed by atoms with E-state index in [0.717, 1.165) is 16.6 Å². The number of benzene rings is 3. The summed E-state index contributed by atoms with van der Waals surface area (Å²) in [6.07, 6.45) is 0. The van der Waals surface area contributed by atoms with Crippen molar-refractivity contribution in [3.05, 3.63) is 77.9 Å². The second kappa shape index (κ2) is 8.65. The minimum atomic E-state index is -0.195. The van der Waals surface area contributed by atoms with Gasteiger partial charge in [-0.3, -0.25) is 4.79 Å². The first-order chi connectivity index (χ1) is 14.7. The summed E-state index contributed by atoms with van der Waals surface area (Å²) in [5, 5.41) is 11.3. The number of aromatic nitrogens is 3. The van der Waals surface area contributed by atoms with E-state index in [2.05, 4.69) is 15.6 Å². The molecule has 7 nitrogen and oxygen atoms in total. The molecule has 0 spiro atoms. The molecule has 4 aromatic rings. The number of hydrogen-bond donors (Lipinski definition) is 1. The van der Waals surface area contributed by atoms with Gasteiger partial charge >= 0.3 is 0 Å². The zero-order valence-corrected chi connectivity index (χ0v) is 16.8. The maximum absolute atomic E-state index is 12.6. The first kappa shape index (κ1) is 19.4. The first-order valence-corrected chi connectivity index (χ1v) is 9.67. The molecule has 0 saturated heterocycles. The number of carbonyl (C=O) groups is 1. The van der Waals surface area contributed by atoms with E-state index < -0.39 is 0 Å². The summed E-state index contributed by atoms with van der Waals surface area (Å²) in [5.41, 5.74) is 4.07. The van der Waals surface area contributed by atoms with Gasteiger partial charge in [0.15, 0.2) is 11.5 Å². The van der Waals surface area contributed by atoms with Crippen LogP contribution < -0.4 is 14.8 Å². The van der Waals surface area contributed by atoms with Gasteiger partial charge in [-0.25, -0.2) is 4.68 Å². The van der Waals surface area contributed by atoms with Crippen LogP contribution in [0.3, 0.4) is 0 Å². The molecule has 7 heteroatoms. The SMILES string of the molecule is CCOc1ccc(NC(=O)c2ccc(Cn3nnc4ccccc43)cc2)cc1OC. The van der Waals surface area contributed by atoms with Crippen LogP contribution in [0.15, 0.2) is 66.7 Å². The lowest BCUT2D eigenvalue weighted by Gasteiger charge is -2.12. The van der Waals surface area contributed by atoms with E-state index in [0.29, 0.717) is 35.9 Å². The Balaban J connectivity index is 1.45. The Morgan fingerprint density at radius 1 is 1.03 bits per heavy atom. The third kappa shape index (κ3) is 4.10. The van der Waals surface area contributed by atoms with Gasteiger partial charge in [0.05, 0.1) is 25.8 Å². The van der Waals surface area contributed by atoms with Crippen molar-refractivity contribution >= 4 is 22.6 Å². The predicted octanol–water partition coefficient (Wildman–Crippen LogP) is 4.14. The summed E-state index contributed by atoms with van der Waals surface area (Å²) in [6.45, 7) is 3.03. The highest BCUT2D eigenvalue weighted by Crippen LogP contribution is 2.30. The maximum atomic E-state index is 12.6. The lowest BCUT2D eigenvalue weighted by atomic mass is 10.1. The molecule has 0 aliphatic heterocycles. The molecule has 0 aliphatic carbocycles. The number of nitrogens with zero attached hydrogens (tertiary/aromatic N) is 3. The fourth-order valence-electron chi connectivity index (χ4n) is 3.19. The molecule has 0 unspecified atom stereocenters. The molecule has 4 rings (SSSR count). The van der Waals surface area contributed by atoms with Gasteiger partial charge in [0, 0.05) is 17.3 Å². The third-order valence-electron chi connectivity index (χ3n) is 4.69. The van der Waals surface area contributed by atoms with Gasteiger partial charge in [0.2, 0.25) is 0 Å². The quantitative estimate of drug-likeness (QED) is 0.503. The van der Waals surface area contributed by atoms with Crippen molar-refractivity contribution in [1.29, 1.82) is 0 Å². The lowest BCUT2D eigenvalue weighted by Crippen LogP contribution is -2.12. The highest BCUT2D eigenvalue weighted by molar-refractivity contribution is 6.04. The lowest BCUT2D eigenvalue weighted by molar-refractivity contribution is 0.102. The van der Waals surface area contributed by atoms with E-state index in [1.165, 1.54) is 0 Å². The van der Waals surface area contributed by atoms with Crippen LogP contribution in [-0.2, 0) is 6.54 Å². The standard InChI is InChI=1S/C23H22N4O3/c1-3-30-21-13-12-18(14-22(21)29-2)24-23(28)17-10-8-16(9-11-17)15-27-20-7-5-4-6-19(20)25-26-27/h4-14H,3,15H2,1-2H3,(H,24,28). The summed E-state index contributed by atoms with van der Waals surface area (Å²) in [6, 6.07) is 20.6. The van der Waals surface area contributed by atoms with Crippen molar-refractivity contribution in [1.82, 2.24) is 15.0 Å².